The molecule has 0 unspecified atom stereocenters. The van der Waals surface area contributed by atoms with Gasteiger partial charge in [0.1, 0.15) is 0 Å². The van der Waals surface area contributed by atoms with Gasteiger partial charge in [-0.1, -0.05) is 15.9 Å². The molecule has 0 radical (unpaired) electrons. The third kappa shape index (κ3) is 4.49. The Morgan fingerprint density at radius 1 is 1.12 bits per heavy atom. The predicted octanol–water partition coefficient (Wildman–Crippen LogP) is 2.09. The Bertz CT molecular complexity index is 884. The molecule has 2 aromatic rings. The Balaban J connectivity index is 1.67. The maximum atomic E-state index is 12.4. The second-order valence-electron chi connectivity index (χ2n) is 5.76. The SMILES string of the molecule is O=C(Nc1ccc(S(=O)(=O)N[C@H]2CCO[C@@H]2O)cc1)c1ccc(Br)cc1. The summed E-state index contributed by atoms with van der Waals surface area (Å²) in [6.07, 6.45) is -0.740. The summed E-state index contributed by atoms with van der Waals surface area (Å²) in [6, 6.07) is 12.0. The Morgan fingerprint density at radius 2 is 1.77 bits per heavy atom. The molecular weight excluding hydrogens is 424 g/mol. The molecule has 138 valence electrons. The van der Waals surface area contributed by atoms with Gasteiger partial charge in [0.25, 0.3) is 5.91 Å². The highest BCUT2D eigenvalue weighted by Gasteiger charge is 2.30. The molecule has 1 amide bonds. The maximum Gasteiger partial charge on any atom is 0.255 e. The highest BCUT2D eigenvalue weighted by atomic mass is 79.9. The summed E-state index contributed by atoms with van der Waals surface area (Å²) in [6.45, 7) is 0.301. The number of aliphatic hydroxyl groups is 1. The highest BCUT2D eigenvalue weighted by molar-refractivity contribution is 9.10. The molecule has 2 aromatic carbocycles. The summed E-state index contributed by atoms with van der Waals surface area (Å²) in [7, 11) is -3.79. The standard InChI is InChI=1S/C17H17BrN2O5S/c18-12-3-1-11(2-4-12)16(21)19-13-5-7-14(8-6-13)26(23,24)20-15-9-10-25-17(15)22/h1-8,15,17,20,22H,9-10H2,(H,19,21)/t15-,17-/m0/s1. The topological polar surface area (TPSA) is 105 Å². The summed E-state index contributed by atoms with van der Waals surface area (Å²) in [4.78, 5) is 12.2. The van der Waals surface area contributed by atoms with Crippen LogP contribution in [0.4, 0.5) is 5.69 Å². The molecule has 0 saturated carbocycles. The molecule has 1 saturated heterocycles. The number of hydrogen-bond donors (Lipinski definition) is 3. The fraction of sp³-hybridized carbons (Fsp3) is 0.235. The molecule has 26 heavy (non-hydrogen) atoms. The molecule has 1 fully saturated rings. The van der Waals surface area contributed by atoms with Crippen LogP contribution in [0.5, 0.6) is 0 Å². The first-order valence-corrected chi connectivity index (χ1v) is 10.1. The lowest BCUT2D eigenvalue weighted by molar-refractivity contribution is -0.0686. The molecule has 0 aliphatic carbocycles. The second-order valence-corrected chi connectivity index (χ2v) is 8.39. The number of anilines is 1. The summed E-state index contributed by atoms with van der Waals surface area (Å²) in [5.74, 6) is -0.294. The van der Waals surface area contributed by atoms with Gasteiger partial charge in [-0.3, -0.25) is 4.79 Å². The van der Waals surface area contributed by atoms with E-state index in [2.05, 4.69) is 26.0 Å². The number of aliphatic hydroxyl groups excluding tert-OH is 1. The molecule has 3 N–H and O–H groups in total. The van der Waals surface area contributed by atoms with Gasteiger partial charge in [-0.15, -0.1) is 0 Å². The summed E-state index contributed by atoms with van der Waals surface area (Å²) in [5, 5.41) is 12.3. The van der Waals surface area contributed by atoms with Crippen LogP contribution in [0.1, 0.15) is 16.8 Å². The number of ether oxygens (including phenoxy) is 1. The fourth-order valence-electron chi connectivity index (χ4n) is 2.48. The van der Waals surface area contributed by atoms with Crippen molar-refractivity contribution in [1.82, 2.24) is 4.72 Å². The van der Waals surface area contributed by atoms with Gasteiger partial charge < -0.3 is 15.2 Å². The van der Waals surface area contributed by atoms with E-state index in [1.807, 2.05) is 0 Å². The van der Waals surface area contributed by atoms with Crippen molar-refractivity contribution in [3.63, 3.8) is 0 Å². The number of carbonyl (C=O) groups excluding carboxylic acids is 1. The van der Waals surface area contributed by atoms with Gasteiger partial charge in [0.2, 0.25) is 10.0 Å². The number of benzene rings is 2. The first-order valence-electron chi connectivity index (χ1n) is 7.84. The van der Waals surface area contributed by atoms with Crippen LogP contribution in [0.15, 0.2) is 57.9 Å². The third-order valence-corrected chi connectivity index (χ3v) is 5.93. The molecule has 1 aliphatic rings. The van der Waals surface area contributed by atoms with Crippen molar-refractivity contribution in [2.75, 3.05) is 11.9 Å². The monoisotopic (exact) mass is 440 g/mol. The first kappa shape index (κ1) is 19.0. The molecular formula is C17H17BrN2O5S. The third-order valence-electron chi connectivity index (χ3n) is 3.90. The quantitative estimate of drug-likeness (QED) is 0.659. The van der Waals surface area contributed by atoms with Crippen molar-refractivity contribution in [3.8, 4) is 0 Å². The van der Waals surface area contributed by atoms with E-state index in [-0.39, 0.29) is 10.8 Å². The fourth-order valence-corrected chi connectivity index (χ4v) is 4.01. The van der Waals surface area contributed by atoms with Crippen LogP contribution in [-0.2, 0) is 14.8 Å². The minimum Gasteiger partial charge on any atom is -0.367 e. The number of hydrogen-bond acceptors (Lipinski definition) is 5. The lowest BCUT2D eigenvalue weighted by Crippen LogP contribution is -2.40. The molecule has 1 heterocycles. The average Bonchev–Trinajstić information content (AvgIpc) is 3.00. The van der Waals surface area contributed by atoms with E-state index in [0.717, 1.165) is 4.47 Å². The Kier molecular flexibility index (Phi) is 5.73. The van der Waals surface area contributed by atoms with Crippen LogP contribution in [0.2, 0.25) is 0 Å². The minimum atomic E-state index is -3.79. The number of nitrogens with one attached hydrogen (secondary N) is 2. The van der Waals surface area contributed by atoms with Crippen LogP contribution < -0.4 is 10.0 Å². The summed E-state index contributed by atoms with van der Waals surface area (Å²) in [5.41, 5.74) is 0.961. The van der Waals surface area contributed by atoms with Crippen LogP contribution in [0, 0.1) is 0 Å². The van der Waals surface area contributed by atoms with E-state index in [0.29, 0.717) is 24.3 Å². The van der Waals surface area contributed by atoms with Crippen molar-refractivity contribution >= 4 is 37.5 Å². The van der Waals surface area contributed by atoms with E-state index >= 15 is 0 Å². The van der Waals surface area contributed by atoms with Gasteiger partial charge in [-0.2, -0.15) is 0 Å². The first-order chi connectivity index (χ1) is 12.3. The average molecular weight is 441 g/mol. The molecule has 9 heteroatoms. The lowest BCUT2D eigenvalue weighted by Gasteiger charge is -2.15. The molecule has 2 atom stereocenters. The number of halogens is 1. The van der Waals surface area contributed by atoms with Gasteiger partial charge in [-0.25, -0.2) is 13.1 Å². The van der Waals surface area contributed by atoms with E-state index in [9.17, 15) is 18.3 Å². The molecule has 0 spiro atoms. The zero-order chi connectivity index (χ0) is 18.7. The maximum absolute atomic E-state index is 12.4. The van der Waals surface area contributed by atoms with Crippen LogP contribution in [0.25, 0.3) is 0 Å². The zero-order valence-corrected chi connectivity index (χ0v) is 16.0. The van der Waals surface area contributed by atoms with Crippen LogP contribution in [0.3, 0.4) is 0 Å². The van der Waals surface area contributed by atoms with Crippen molar-refractivity contribution in [2.45, 2.75) is 23.6 Å². The molecule has 1 aliphatic heterocycles. The zero-order valence-electron chi connectivity index (χ0n) is 13.6. The smallest absolute Gasteiger partial charge is 0.255 e. The molecule has 0 bridgehead atoms. The largest absolute Gasteiger partial charge is 0.367 e. The Hall–Kier alpha value is -1.78. The van der Waals surface area contributed by atoms with E-state index < -0.39 is 22.4 Å². The van der Waals surface area contributed by atoms with Gasteiger partial charge >= 0.3 is 0 Å². The van der Waals surface area contributed by atoms with Crippen molar-refractivity contribution in [2.24, 2.45) is 0 Å². The van der Waals surface area contributed by atoms with Gasteiger partial charge in [0.15, 0.2) is 6.29 Å². The predicted molar refractivity (Wildman–Crippen MR) is 99.2 cm³/mol. The summed E-state index contributed by atoms with van der Waals surface area (Å²) >= 11 is 3.30. The van der Waals surface area contributed by atoms with Gasteiger partial charge in [-0.05, 0) is 55.0 Å². The number of amides is 1. The Morgan fingerprint density at radius 3 is 2.35 bits per heavy atom. The second kappa shape index (κ2) is 7.85. The van der Waals surface area contributed by atoms with Crippen LogP contribution in [-0.4, -0.2) is 38.4 Å². The number of rotatable bonds is 5. The highest BCUT2D eigenvalue weighted by Crippen LogP contribution is 2.19. The van der Waals surface area contributed by atoms with E-state index in [1.54, 1.807) is 24.3 Å². The summed E-state index contributed by atoms with van der Waals surface area (Å²) < 4.78 is 32.9. The van der Waals surface area contributed by atoms with Crippen molar-refractivity contribution in [1.29, 1.82) is 0 Å². The minimum absolute atomic E-state index is 0.0400. The Labute approximate surface area is 159 Å². The van der Waals surface area contributed by atoms with Crippen molar-refractivity contribution in [3.05, 3.63) is 58.6 Å². The number of sulfonamides is 1. The molecule has 7 nitrogen and oxygen atoms in total. The van der Waals surface area contributed by atoms with E-state index in [4.69, 9.17) is 4.74 Å². The molecule has 0 aromatic heterocycles. The lowest BCUT2D eigenvalue weighted by atomic mass is 10.2. The van der Waals surface area contributed by atoms with E-state index in [1.165, 1.54) is 24.3 Å². The number of carbonyl (C=O) groups is 1. The van der Waals surface area contributed by atoms with Crippen LogP contribution >= 0.6 is 15.9 Å². The normalized spacial score (nSPS) is 20.1. The van der Waals surface area contributed by atoms with Crippen molar-refractivity contribution < 1.29 is 23.1 Å². The molecule has 3 rings (SSSR count). The van der Waals surface area contributed by atoms with Gasteiger partial charge in [0, 0.05) is 15.7 Å². The van der Waals surface area contributed by atoms with Gasteiger partial charge in [0.05, 0.1) is 17.5 Å².